The van der Waals surface area contributed by atoms with E-state index in [1.807, 2.05) is 0 Å². The molecule has 27 heavy (non-hydrogen) atoms. The summed E-state index contributed by atoms with van der Waals surface area (Å²) in [6.07, 6.45) is 0.171. The Bertz CT molecular complexity index is 901. The minimum absolute atomic E-state index is 0.103. The van der Waals surface area contributed by atoms with Gasteiger partial charge in [0.1, 0.15) is 0 Å². The van der Waals surface area contributed by atoms with Crippen LogP contribution in [0.5, 0.6) is 0 Å². The Hall–Kier alpha value is -3.13. The van der Waals surface area contributed by atoms with E-state index in [0.717, 1.165) is 0 Å². The number of hydrogen-bond acceptors (Lipinski definition) is 4. The number of halogens is 1. The maximum Gasteiger partial charge on any atom is 0.319 e. The lowest BCUT2D eigenvalue weighted by atomic mass is 10.2. The zero-order valence-corrected chi connectivity index (χ0v) is 15.2. The smallest absolute Gasteiger partial charge is 0.319 e. The third kappa shape index (κ3) is 4.35. The first kappa shape index (κ1) is 18.7. The molecule has 2 aromatic carbocycles. The summed E-state index contributed by atoms with van der Waals surface area (Å²) in [5.74, 6) is -0.103. The van der Waals surface area contributed by atoms with Crippen molar-refractivity contribution in [2.24, 2.45) is 0 Å². The molecule has 140 valence electrons. The second-order valence-corrected chi connectivity index (χ2v) is 6.67. The van der Waals surface area contributed by atoms with Crippen LogP contribution >= 0.6 is 11.6 Å². The van der Waals surface area contributed by atoms with Crippen molar-refractivity contribution < 1.29 is 14.5 Å². The van der Waals surface area contributed by atoms with Crippen LogP contribution in [0.4, 0.5) is 21.9 Å². The second-order valence-electron chi connectivity index (χ2n) is 6.24. The van der Waals surface area contributed by atoms with Crippen LogP contribution in [0.15, 0.2) is 42.5 Å². The summed E-state index contributed by atoms with van der Waals surface area (Å²) < 4.78 is 0. The zero-order valence-electron chi connectivity index (χ0n) is 14.4. The molecule has 9 heteroatoms. The fourth-order valence-electron chi connectivity index (χ4n) is 2.88. The van der Waals surface area contributed by atoms with Crippen molar-refractivity contribution in [3.8, 4) is 0 Å². The summed E-state index contributed by atoms with van der Waals surface area (Å²) in [4.78, 5) is 36.4. The third-order valence-corrected chi connectivity index (χ3v) is 4.53. The lowest BCUT2D eigenvalue weighted by molar-refractivity contribution is -0.384. The van der Waals surface area contributed by atoms with Gasteiger partial charge in [-0.25, -0.2) is 4.79 Å². The summed E-state index contributed by atoms with van der Waals surface area (Å²) in [5, 5.41) is 16.8. The van der Waals surface area contributed by atoms with Crippen molar-refractivity contribution in [3.05, 3.63) is 63.2 Å². The molecule has 1 atom stereocenters. The molecule has 2 N–H and O–H groups in total. The topological polar surface area (TPSA) is 105 Å². The molecule has 0 bridgehead atoms. The first-order chi connectivity index (χ1) is 12.8. The Kier molecular flexibility index (Phi) is 5.27. The monoisotopic (exact) mass is 388 g/mol. The van der Waals surface area contributed by atoms with Crippen molar-refractivity contribution in [1.82, 2.24) is 5.32 Å². The molecule has 8 nitrogen and oxygen atoms in total. The number of nitrogens with zero attached hydrogens (tertiary/aromatic N) is 2. The first-order valence-corrected chi connectivity index (χ1v) is 8.60. The molecule has 0 aliphatic carbocycles. The zero-order chi connectivity index (χ0) is 19.6. The van der Waals surface area contributed by atoms with Gasteiger partial charge in [0.15, 0.2) is 0 Å². The predicted molar refractivity (Wildman–Crippen MR) is 102 cm³/mol. The van der Waals surface area contributed by atoms with Crippen molar-refractivity contribution >= 4 is 40.6 Å². The van der Waals surface area contributed by atoms with Crippen LogP contribution < -0.4 is 15.5 Å². The van der Waals surface area contributed by atoms with E-state index in [1.165, 1.54) is 12.1 Å². The number of nitrogens with one attached hydrogen (secondary N) is 2. The van der Waals surface area contributed by atoms with Gasteiger partial charge in [-0.1, -0.05) is 17.7 Å². The number of aryl methyl sites for hydroxylation is 1. The summed E-state index contributed by atoms with van der Waals surface area (Å²) in [5.41, 5.74) is 1.64. The quantitative estimate of drug-likeness (QED) is 0.617. The number of benzene rings is 2. The van der Waals surface area contributed by atoms with Crippen molar-refractivity contribution in [3.63, 3.8) is 0 Å². The standard InChI is InChI=1S/C18H17ClN4O4/c1-11-2-5-15(23(26)27)9-16(11)21-18(25)20-13-8-17(24)22(10-13)14-6-3-12(19)4-7-14/h2-7,9,13H,8,10H2,1H3,(H2,20,21,25). The van der Waals surface area contributed by atoms with E-state index in [4.69, 9.17) is 11.6 Å². The van der Waals surface area contributed by atoms with Gasteiger partial charge >= 0.3 is 6.03 Å². The molecule has 2 aromatic rings. The number of rotatable bonds is 4. The first-order valence-electron chi connectivity index (χ1n) is 8.22. The fourth-order valence-corrected chi connectivity index (χ4v) is 3.00. The molecule has 1 saturated heterocycles. The molecule has 1 fully saturated rings. The van der Waals surface area contributed by atoms with E-state index >= 15 is 0 Å². The highest BCUT2D eigenvalue weighted by Gasteiger charge is 2.31. The van der Waals surface area contributed by atoms with E-state index < -0.39 is 11.0 Å². The second kappa shape index (κ2) is 7.63. The SMILES string of the molecule is Cc1ccc([N+](=O)[O-])cc1NC(=O)NC1CC(=O)N(c2ccc(Cl)cc2)C1. The van der Waals surface area contributed by atoms with Crippen LogP contribution in [-0.4, -0.2) is 29.4 Å². The van der Waals surface area contributed by atoms with E-state index in [1.54, 1.807) is 42.2 Å². The average Bonchev–Trinajstić information content (AvgIpc) is 2.97. The van der Waals surface area contributed by atoms with Crippen LogP contribution in [0.3, 0.4) is 0 Å². The molecule has 1 unspecified atom stereocenters. The largest absolute Gasteiger partial charge is 0.333 e. The molecule has 0 aromatic heterocycles. The van der Waals surface area contributed by atoms with Crippen LogP contribution in [-0.2, 0) is 4.79 Å². The molecule has 1 heterocycles. The van der Waals surface area contributed by atoms with Gasteiger partial charge in [-0.15, -0.1) is 0 Å². The van der Waals surface area contributed by atoms with Crippen LogP contribution in [0, 0.1) is 17.0 Å². The number of urea groups is 1. The van der Waals surface area contributed by atoms with Gasteiger partial charge in [0.2, 0.25) is 5.91 Å². The predicted octanol–water partition coefficient (Wildman–Crippen LogP) is 3.48. The van der Waals surface area contributed by atoms with Gasteiger partial charge in [-0.05, 0) is 36.8 Å². The number of anilines is 2. The maximum atomic E-state index is 12.3. The molecule has 3 amide bonds. The highest BCUT2D eigenvalue weighted by Crippen LogP contribution is 2.24. The number of carbonyl (C=O) groups is 2. The molecular formula is C18H17ClN4O4. The minimum Gasteiger partial charge on any atom is -0.333 e. The number of nitro benzene ring substituents is 1. The number of non-ortho nitro benzene ring substituents is 1. The molecule has 0 radical (unpaired) electrons. The number of nitro groups is 1. The molecule has 3 rings (SSSR count). The Balaban J connectivity index is 1.63. The summed E-state index contributed by atoms with van der Waals surface area (Å²) in [6.45, 7) is 2.07. The Morgan fingerprint density at radius 1 is 1.26 bits per heavy atom. The molecule has 0 spiro atoms. The average molecular weight is 389 g/mol. The minimum atomic E-state index is -0.526. The maximum absolute atomic E-state index is 12.3. The highest BCUT2D eigenvalue weighted by molar-refractivity contribution is 6.30. The Morgan fingerprint density at radius 3 is 2.63 bits per heavy atom. The normalized spacial score (nSPS) is 16.3. The van der Waals surface area contributed by atoms with Gasteiger partial charge in [-0.2, -0.15) is 0 Å². The number of carbonyl (C=O) groups excluding carboxylic acids is 2. The van der Waals surface area contributed by atoms with E-state index in [9.17, 15) is 19.7 Å². The lowest BCUT2D eigenvalue weighted by Gasteiger charge is -2.17. The van der Waals surface area contributed by atoms with Crippen LogP contribution in [0.2, 0.25) is 5.02 Å². The molecular weight excluding hydrogens is 372 g/mol. The third-order valence-electron chi connectivity index (χ3n) is 4.28. The fraction of sp³-hybridized carbons (Fsp3) is 0.222. The van der Waals surface area contributed by atoms with E-state index in [2.05, 4.69) is 10.6 Å². The highest BCUT2D eigenvalue weighted by atomic mass is 35.5. The summed E-state index contributed by atoms with van der Waals surface area (Å²) in [6, 6.07) is 10.2. The van der Waals surface area contributed by atoms with Gasteiger partial charge in [0.25, 0.3) is 5.69 Å². The molecule has 1 aliphatic rings. The summed E-state index contributed by atoms with van der Waals surface area (Å²) in [7, 11) is 0. The number of hydrogen-bond donors (Lipinski definition) is 2. The lowest BCUT2D eigenvalue weighted by Crippen LogP contribution is -2.39. The van der Waals surface area contributed by atoms with E-state index in [-0.39, 0.29) is 24.1 Å². The Morgan fingerprint density at radius 2 is 1.96 bits per heavy atom. The van der Waals surface area contributed by atoms with Gasteiger partial charge in [0.05, 0.1) is 16.7 Å². The molecule has 0 saturated carbocycles. The van der Waals surface area contributed by atoms with Crippen LogP contribution in [0.25, 0.3) is 0 Å². The van der Waals surface area contributed by atoms with Crippen molar-refractivity contribution in [1.29, 1.82) is 0 Å². The van der Waals surface area contributed by atoms with E-state index in [0.29, 0.717) is 28.5 Å². The summed E-state index contributed by atoms with van der Waals surface area (Å²) >= 11 is 5.86. The van der Waals surface area contributed by atoms with Crippen molar-refractivity contribution in [2.75, 3.05) is 16.8 Å². The number of amides is 3. The van der Waals surface area contributed by atoms with Gasteiger partial charge < -0.3 is 15.5 Å². The van der Waals surface area contributed by atoms with Crippen molar-refractivity contribution in [2.45, 2.75) is 19.4 Å². The molecule has 1 aliphatic heterocycles. The van der Waals surface area contributed by atoms with Crippen LogP contribution in [0.1, 0.15) is 12.0 Å². The Labute approximate surface area is 160 Å². The van der Waals surface area contributed by atoms with Gasteiger partial charge in [-0.3, -0.25) is 14.9 Å². The van der Waals surface area contributed by atoms with Gasteiger partial charge in [0, 0.05) is 35.8 Å².